The summed E-state index contributed by atoms with van der Waals surface area (Å²) in [6.07, 6.45) is 0.671. The van der Waals surface area contributed by atoms with E-state index in [-0.39, 0.29) is 35.9 Å². The fourth-order valence-electron chi connectivity index (χ4n) is 2.77. The van der Waals surface area contributed by atoms with Crippen LogP contribution in [0.2, 0.25) is 0 Å². The highest BCUT2D eigenvalue weighted by molar-refractivity contribution is 7.89. The molecule has 2 atom stereocenters. The number of halogens is 2. The molecule has 0 bridgehead atoms. The van der Waals surface area contributed by atoms with Gasteiger partial charge in [-0.2, -0.15) is 4.31 Å². The van der Waals surface area contributed by atoms with Crippen LogP contribution in [-0.4, -0.2) is 46.1 Å². The van der Waals surface area contributed by atoms with Gasteiger partial charge in [-0.3, -0.25) is 0 Å². The van der Waals surface area contributed by atoms with Crippen molar-refractivity contribution < 1.29 is 22.3 Å². The summed E-state index contributed by atoms with van der Waals surface area (Å²) in [6, 6.07) is 1.96. The van der Waals surface area contributed by atoms with Gasteiger partial charge in [0.15, 0.2) is 11.5 Å². The Kier molecular flexibility index (Phi) is 6.64. The summed E-state index contributed by atoms with van der Waals surface area (Å²) in [5, 5.41) is 0. The highest BCUT2D eigenvalue weighted by atomic mass is 35.5. The molecule has 0 aliphatic carbocycles. The average molecular weight is 369 g/mol. The molecule has 0 saturated carbocycles. The molecule has 1 saturated heterocycles. The number of hydrogen-bond acceptors (Lipinski definition) is 5. The maximum atomic E-state index is 14.2. The number of nitrogens with zero attached hydrogens (tertiary/aromatic N) is 1. The summed E-state index contributed by atoms with van der Waals surface area (Å²) in [5.41, 5.74) is 5.62. The van der Waals surface area contributed by atoms with Crippen LogP contribution in [0.25, 0.3) is 0 Å². The minimum atomic E-state index is -3.95. The van der Waals surface area contributed by atoms with Crippen LogP contribution in [0.4, 0.5) is 4.39 Å². The van der Waals surface area contributed by atoms with Gasteiger partial charge in [0.1, 0.15) is 10.7 Å². The third-order valence-electron chi connectivity index (χ3n) is 3.96. The molecule has 23 heavy (non-hydrogen) atoms. The summed E-state index contributed by atoms with van der Waals surface area (Å²) < 4.78 is 51.1. The zero-order valence-corrected chi connectivity index (χ0v) is 14.9. The molecule has 1 aliphatic heterocycles. The normalized spacial score (nSPS) is 21.8. The molecule has 1 heterocycles. The highest BCUT2D eigenvalue weighted by Gasteiger charge is 2.39. The minimum absolute atomic E-state index is 0. The van der Waals surface area contributed by atoms with E-state index in [1.807, 2.05) is 0 Å². The molecule has 2 N–H and O–H groups in total. The van der Waals surface area contributed by atoms with Crippen molar-refractivity contribution in [2.24, 2.45) is 11.7 Å². The molecule has 0 aromatic heterocycles. The van der Waals surface area contributed by atoms with E-state index in [4.69, 9.17) is 15.2 Å². The monoisotopic (exact) mass is 368 g/mol. The quantitative estimate of drug-likeness (QED) is 0.854. The number of nitrogens with two attached hydrogens (primary N) is 1. The van der Waals surface area contributed by atoms with E-state index in [2.05, 4.69) is 0 Å². The lowest BCUT2D eigenvalue weighted by molar-refractivity contribution is 0.349. The van der Waals surface area contributed by atoms with E-state index in [0.717, 1.165) is 12.1 Å². The van der Waals surface area contributed by atoms with Crippen LogP contribution in [0.15, 0.2) is 17.0 Å². The average Bonchev–Trinajstić information content (AvgIpc) is 2.88. The lowest BCUT2D eigenvalue weighted by atomic mass is 10.1. The van der Waals surface area contributed by atoms with Crippen molar-refractivity contribution in [3.05, 3.63) is 17.9 Å². The van der Waals surface area contributed by atoms with Crippen molar-refractivity contribution in [2.75, 3.05) is 27.3 Å². The molecule has 132 valence electrons. The van der Waals surface area contributed by atoms with Gasteiger partial charge in [-0.15, -0.1) is 12.4 Å². The molecule has 0 amide bonds. The zero-order valence-electron chi connectivity index (χ0n) is 13.3. The Labute approximate surface area is 142 Å². The maximum absolute atomic E-state index is 14.2. The Balaban J connectivity index is 0.00000264. The number of ether oxygens (including phenoxy) is 2. The standard InChI is InChI=1S/C14H21FN2O4S.ClH/c1-9-4-10(7-16)8-17(9)22(18,19)14-6-13(21-3)12(20-2)5-11(14)15;/h5-6,9-10H,4,7-8,16H2,1-3H3;1H. The van der Waals surface area contributed by atoms with Gasteiger partial charge in [-0.05, 0) is 25.8 Å². The SMILES string of the molecule is COc1cc(F)c(S(=O)(=O)N2CC(CN)CC2C)cc1OC.Cl. The first kappa shape index (κ1) is 20.0. The lowest BCUT2D eigenvalue weighted by Crippen LogP contribution is -2.35. The number of hydrogen-bond donors (Lipinski definition) is 1. The number of sulfonamides is 1. The molecule has 0 radical (unpaired) electrons. The molecule has 2 unspecified atom stereocenters. The Morgan fingerprint density at radius 3 is 2.35 bits per heavy atom. The lowest BCUT2D eigenvalue weighted by Gasteiger charge is -2.22. The number of rotatable bonds is 5. The van der Waals surface area contributed by atoms with Crippen LogP contribution < -0.4 is 15.2 Å². The predicted molar refractivity (Wildman–Crippen MR) is 87.3 cm³/mol. The van der Waals surface area contributed by atoms with Crippen molar-refractivity contribution in [1.82, 2.24) is 4.31 Å². The van der Waals surface area contributed by atoms with Gasteiger partial charge in [0.2, 0.25) is 10.0 Å². The van der Waals surface area contributed by atoms with E-state index in [0.29, 0.717) is 19.5 Å². The first-order chi connectivity index (χ1) is 10.3. The van der Waals surface area contributed by atoms with Crippen molar-refractivity contribution in [2.45, 2.75) is 24.3 Å². The number of benzene rings is 1. The fraction of sp³-hybridized carbons (Fsp3) is 0.571. The van der Waals surface area contributed by atoms with Gasteiger partial charge in [-0.1, -0.05) is 0 Å². The molecule has 1 aromatic carbocycles. The van der Waals surface area contributed by atoms with Crippen LogP contribution in [-0.2, 0) is 10.0 Å². The number of methoxy groups -OCH3 is 2. The topological polar surface area (TPSA) is 81.9 Å². The van der Waals surface area contributed by atoms with Crippen molar-refractivity contribution in [3.63, 3.8) is 0 Å². The van der Waals surface area contributed by atoms with Crippen LogP contribution in [0.5, 0.6) is 11.5 Å². The third kappa shape index (κ3) is 3.71. The molecule has 0 spiro atoms. The van der Waals surface area contributed by atoms with E-state index in [9.17, 15) is 12.8 Å². The molecule has 1 fully saturated rings. The van der Waals surface area contributed by atoms with E-state index in [1.165, 1.54) is 18.5 Å². The Bertz CT molecular complexity index is 656. The molecule has 1 aliphatic rings. The highest BCUT2D eigenvalue weighted by Crippen LogP contribution is 2.35. The second kappa shape index (κ2) is 7.65. The molecule has 1 aromatic rings. The van der Waals surface area contributed by atoms with Crippen LogP contribution >= 0.6 is 12.4 Å². The molecular formula is C14H22ClFN2O4S. The molecular weight excluding hydrogens is 347 g/mol. The van der Waals surface area contributed by atoms with Gasteiger partial charge < -0.3 is 15.2 Å². The van der Waals surface area contributed by atoms with E-state index in [1.54, 1.807) is 6.92 Å². The minimum Gasteiger partial charge on any atom is -0.493 e. The summed E-state index contributed by atoms with van der Waals surface area (Å²) in [6.45, 7) is 2.50. The predicted octanol–water partition coefficient (Wildman–Crippen LogP) is 1.62. The maximum Gasteiger partial charge on any atom is 0.246 e. The molecule has 2 rings (SSSR count). The Morgan fingerprint density at radius 2 is 1.87 bits per heavy atom. The Hall–Kier alpha value is -1.09. The van der Waals surface area contributed by atoms with Crippen LogP contribution in [0.3, 0.4) is 0 Å². The molecule has 9 heteroatoms. The van der Waals surface area contributed by atoms with Gasteiger partial charge in [0, 0.05) is 24.7 Å². The first-order valence-corrected chi connectivity index (χ1v) is 8.42. The first-order valence-electron chi connectivity index (χ1n) is 6.98. The fourth-order valence-corrected chi connectivity index (χ4v) is 4.56. The molecule has 6 nitrogen and oxygen atoms in total. The smallest absolute Gasteiger partial charge is 0.246 e. The second-order valence-corrected chi connectivity index (χ2v) is 7.26. The van der Waals surface area contributed by atoms with Gasteiger partial charge in [0.25, 0.3) is 0 Å². The summed E-state index contributed by atoms with van der Waals surface area (Å²) in [4.78, 5) is -0.408. The van der Waals surface area contributed by atoms with Crippen LogP contribution in [0.1, 0.15) is 13.3 Å². The van der Waals surface area contributed by atoms with E-state index >= 15 is 0 Å². The summed E-state index contributed by atoms with van der Waals surface area (Å²) >= 11 is 0. The van der Waals surface area contributed by atoms with Crippen molar-refractivity contribution in [1.29, 1.82) is 0 Å². The van der Waals surface area contributed by atoms with Gasteiger partial charge in [-0.25, -0.2) is 12.8 Å². The van der Waals surface area contributed by atoms with Gasteiger partial charge in [0.05, 0.1) is 14.2 Å². The van der Waals surface area contributed by atoms with Crippen molar-refractivity contribution >= 4 is 22.4 Å². The second-order valence-electron chi connectivity index (χ2n) is 5.40. The zero-order chi connectivity index (χ0) is 16.5. The largest absolute Gasteiger partial charge is 0.493 e. The van der Waals surface area contributed by atoms with Gasteiger partial charge >= 0.3 is 0 Å². The summed E-state index contributed by atoms with van der Waals surface area (Å²) in [7, 11) is -1.22. The van der Waals surface area contributed by atoms with Crippen molar-refractivity contribution in [3.8, 4) is 11.5 Å². The van der Waals surface area contributed by atoms with Crippen LogP contribution in [0, 0.1) is 11.7 Å². The van der Waals surface area contributed by atoms with E-state index < -0.39 is 20.7 Å². The summed E-state index contributed by atoms with van der Waals surface area (Å²) in [5.74, 6) is -0.452. The third-order valence-corrected chi connectivity index (χ3v) is 5.96. The Morgan fingerprint density at radius 1 is 1.30 bits per heavy atom.